The Kier molecular flexibility index (Phi) is 4.72. The largest absolute Gasteiger partial charge is 0.326 e. The van der Waals surface area contributed by atoms with E-state index in [0.29, 0.717) is 18.4 Å². The molecule has 6 nitrogen and oxygen atoms in total. The fourth-order valence-corrected chi connectivity index (χ4v) is 5.55. The van der Waals surface area contributed by atoms with Crippen LogP contribution in [0.2, 0.25) is 0 Å². The van der Waals surface area contributed by atoms with Crippen LogP contribution >= 0.6 is 0 Å². The van der Waals surface area contributed by atoms with E-state index < -0.39 is 19.9 Å². The van der Waals surface area contributed by atoms with Gasteiger partial charge in [0.15, 0.2) is 0 Å². The van der Waals surface area contributed by atoms with Crippen LogP contribution in [0.25, 0.3) is 0 Å². The highest BCUT2D eigenvalue weighted by Crippen LogP contribution is 2.21. The first-order chi connectivity index (χ1) is 9.75. The minimum Gasteiger partial charge on any atom is -0.326 e. The molecule has 8 heteroatoms. The van der Waals surface area contributed by atoms with Crippen LogP contribution in [-0.2, 0) is 26.4 Å². The van der Waals surface area contributed by atoms with Gasteiger partial charge < -0.3 is 5.73 Å². The summed E-state index contributed by atoms with van der Waals surface area (Å²) < 4.78 is 50.3. The highest BCUT2D eigenvalue weighted by atomic mass is 32.2. The summed E-state index contributed by atoms with van der Waals surface area (Å²) in [5.41, 5.74) is 7.01. The van der Waals surface area contributed by atoms with Crippen LogP contribution in [0.5, 0.6) is 0 Å². The predicted octanol–water partition coefficient (Wildman–Crippen LogP) is 0.309. The summed E-state index contributed by atoms with van der Waals surface area (Å²) in [6.45, 7) is 2.00. The molecule has 0 amide bonds. The van der Waals surface area contributed by atoms with Gasteiger partial charge in [0, 0.05) is 12.6 Å². The van der Waals surface area contributed by atoms with E-state index >= 15 is 0 Å². The highest BCUT2D eigenvalue weighted by Gasteiger charge is 2.28. The van der Waals surface area contributed by atoms with Crippen molar-refractivity contribution in [3.8, 4) is 0 Å². The lowest BCUT2D eigenvalue weighted by Crippen LogP contribution is -2.41. The SMILES string of the molecule is Cc1c(CN)cccc1S(=O)(=O)NC1CCS(=O)(=O)CC1. The zero-order valence-corrected chi connectivity index (χ0v) is 13.5. The second-order valence-electron chi connectivity index (χ2n) is 5.29. The van der Waals surface area contributed by atoms with Crippen molar-refractivity contribution in [3.63, 3.8) is 0 Å². The molecule has 1 aromatic carbocycles. The molecule has 0 aromatic heterocycles. The third kappa shape index (κ3) is 3.82. The third-order valence-electron chi connectivity index (χ3n) is 3.78. The van der Waals surface area contributed by atoms with Crippen molar-refractivity contribution < 1.29 is 16.8 Å². The van der Waals surface area contributed by atoms with Gasteiger partial charge >= 0.3 is 0 Å². The van der Waals surface area contributed by atoms with E-state index in [4.69, 9.17) is 5.73 Å². The van der Waals surface area contributed by atoms with Crippen molar-refractivity contribution in [1.29, 1.82) is 0 Å². The lowest BCUT2D eigenvalue weighted by Gasteiger charge is -2.23. The van der Waals surface area contributed by atoms with Gasteiger partial charge in [0.05, 0.1) is 16.4 Å². The number of sulfonamides is 1. The van der Waals surface area contributed by atoms with Crippen LogP contribution in [0.3, 0.4) is 0 Å². The molecule has 0 saturated carbocycles. The van der Waals surface area contributed by atoms with Gasteiger partial charge in [-0.15, -0.1) is 0 Å². The van der Waals surface area contributed by atoms with Gasteiger partial charge in [-0.3, -0.25) is 0 Å². The normalized spacial score (nSPS) is 19.5. The standard InChI is InChI=1S/C13H20N2O4S2/c1-10-11(9-14)3-2-4-13(10)21(18,19)15-12-5-7-20(16,17)8-6-12/h2-4,12,15H,5-9,14H2,1H3. The molecule has 2 rings (SSSR count). The molecular weight excluding hydrogens is 312 g/mol. The smallest absolute Gasteiger partial charge is 0.241 e. The van der Waals surface area contributed by atoms with Crippen LogP contribution in [0.15, 0.2) is 23.1 Å². The lowest BCUT2D eigenvalue weighted by atomic mass is 10.1. The average molecular weight is 332 g/mol. The number of benzene rings is 1. The molecule has 3 N–H and O–H groups in total. The number of hydrogen-bond donors (Lipinski definition) is 2. The van der Waals surface area contributed by atoms with E-state index in [0.717, 1.165) is 5.56 Å². The Hall–Kier alpha value is -0.960. The molecule has 1 aliphatic heterocycles. The molecule has 1 heterocycles. The molecule has 1 saturated heterocycles. The molecule has 1 aliphatic rings. The van der Waals surface area contributed by atoms with Crippen molar-refractivity contribution in [3.05, 3.63) is 29.3 Å². The summed E-state index contributed by atoms with van der Waals surface area (Å²) in [5, 5.41) is 0. The van der Waals surface area contributed by atoms with Gasteiger partial charge in [0.1, 0.15) is 9.84 Å². The summed E-state index contributed by atoms with van der Waals surface area (Å²) in [5.74, 6) is 0.0595. The molecule has 0 bridgehead atoms. The molecule has 0 atom stereocenters. The van der Waals surface area contributed by atoms with Gasteiger partial charge in [0.25, 0.3) is 0 Å². The maximum Gasteiger partial charge on any atom is 0.241 e. The maximum atomic E-state index is 12.4. The van der Waals surface area contributed by atoms with Gasteiger partial charge in [-0.05, 0) is 37.0 Å². The highest BCUT2D eigenvalue weighted by molar-refractivity contribution is 7.91. The Morgan fingerprint density at radius 3 is 2.48 bits per heavy atom. The monoisotopic (exact) mass is 332 g/mol. The molecule has 0 radical (unpaired) electrons. The minimum absolute atomic E-state index is 0.0298. The predicted molar refractivity (Wildman–Crippen MR) is 81.1 cm³/mol. The Morgan fingerprint density at radius 1 is 1.29 bits per heavy atom. The zero-order valence-electron chi connectivity index (χ0n) is 11.9. The maximum absolute atomic E-state index is 12.4. The molecule has 21 heavy (non-hydrogen) atoms. The number of sulfone groups is 1. The molecule has 0 aliphatic carbocycles. The summed E-state index contributed by atoms with van der Waals surface area (Å²) in [7, 11) is -6.67. The second-order valence-corrected chi connectivity index (χ2v) is 9.28. The van der Waals surface area contributed by atoms with Crippen LogP contribution in [0.1, 0.15) is 24.0 Å². The van der Waals surface area contributed by atoms with E-state index in [-0.39, 0.29) is 29.0 Å². The fourth-order valence-electron chi connectivity index (χ4n) is 2.46. The van der Waals surface area contributed by atoms with Crippen LogP contribution < -0.4 is 10.5 Å². The number of nitrogens with one attached hydrogen (secondary N) is 1. The summed E-state index contributed by atoms with van der Waals surface area (Å²) in [6, 6.07) is 4.66. The van der Waals surface area contributed by atoms with Crippen LogP contribution in [-0.4, -0.2) is 34.4 Å². The van der Waals surface area contributed by atoms with Gasteiger partial charge in [0.2, 0.25) is 10.0 Å². The lowest BCUT2D eigenvalue weighted by molar-refractivity contribution is 0.505. The summed E-state index contributed by atoms with van der Waals surface area (Å²) in [6.07, 6.45) is 0.633. The Balaban J connectivity index is 2.20. The van der Waals surface area contributed by atoms with Gasteiger partial charge in [-0.2, -0.15) is 0 Å². The number of hydrogen-bond acceptors (Lipinski definition) is 5. The topological polar surface area (TPSA) is 106 Å². The third-order valence-corrected chi connectivity index (χ3v) is 7.16. The van der Waals surface area contributed by atoms with Crippen LogP contribution in [0.4, 0.5) is 0 Å². The zero-order chi connectivity index (χ0) is 15.7. The molecule has 118 valence electrons. The van der Waals surface area contributed by atoms with Crippen molar-refractivity contribution in [1.82, 2.24) is 4.72 Å². The Morgan fingerprint density at radius 2 is 1.90 bits per heavy atom. The van der Waals surface area contributed by atoms with Crippen molar-refractivity contribution in [2.24, 2.45) is 5.73 Å². The van der Waals surface area contributed by atoms with Gasteiger partial charge in [-0.25, -0.2) is 21.6 Å². The first kappa shape index (κ1) is 16.4. The van der Waals surface area contributed by atoms with Crippen LogP contribution in [0, 0.1) is 6.92 Å². The molecule has 1 fully saturated rings. The van der Waals surface area contributed by atoms with Crippen molar-refractivity contribution in [2.75, 3.05) is 11.5 Å². The van der Waals surface area contributed by atoms with E-state index in [9.17, 15) is 16.8 Å². The fraction of sp³-hybridized carbons (Fsp3) is 0.538. The number of nitrogens with two attached hydrogens (primary N) is 1. The van der Waals surface area contributed by atoms with Crippen molar-refractivity contribution in [2.45, 2.75) is 37.2 Å². The van der Waals surface area contributed by atoms with E-state index in [1.165, 1.54) is 6.07 Å². The van der Waals surface area contributed by atoms with E-state index in [1.807, 2.05) is 0 Å². The molecule has 1 aromatic rings. The average Bonchev–Trinajstić information content (AvgIpc) is 2.41. The molecule has 0 spiro atoms. The quantitative estimate of drug-likeness (QED) is 0.825. The molecule has 0 unspecified atom stereocenters. The Bertz CT molecular complexity index is 713. The van der Waals surface area contributed by atoms with E-state index in [2.05, 4.69) is 4.72 Å². The van der Waals surface area contributed by atoms with Gasteiger partial charge in [-0.1, -0.05) is 12.1 Å². The molecular formula is C13H20N2O4S2. The minimum atomic E-state index is -3.66. The summed E-state index contributed by atoms with van der Waals surface area (Å²) in [4.78, 5) is 0.207. The van der Waals surface area contributed by atoms with E-state index in [1.54, 1.807) is 19.1 Å². The van der Waals surface area contributed by atoms with Crippen molar-refractivity contribution >= 4 is 19.9 Å². The summed E-state index contributed by atoms with van der Waals surface area (Å²) >= 11 is 0. The Labute approximate surface area is 125 Å². The second kappa shape index (κ2) is 6.04. The first-order valence-electron chi connectivity index (χ1n) is 6.76. The first-order valence-corrected chi connectivity index (χ1v) is 10.1. The number of rotatable bonds is 4.